The van der Waals surface area contributed by atoms with E-state index in [2.05, 4.69) is 29.8 Å². The van der Waals surface area contributed by atoms with Crippen molar-refractivity contribution in [3.63, 3.8) is 0 Å². The van der Waals surface area contributed by atoms with E-state index in [1.165, 1.54) is 0 Å². The molecule has 1 aliphatic heterocycles. The number of thioether (sulfide) groups is 1. The van der Waals surface area contributed by atoms with E-state index in [0.29, 0.717) is 5.25 Å². The van der Waals surface area contributed by atoms with Gasteiger partial charge in [0.25, 0.3) is 5.91 Å². The van der Waals surface area contributed by atoms with E-state index in [4.69, 9.17) is 0 Å². The van der Waals surface area contributed by atoms with Gasteiger partial charge in [0, 0.05) is 41.3 Å². The normalized spacial score (nSPS) is 20.2. The molecule has 1 aromatic heterocycles. The molecule has 1 aliphatic rings. The van der Waals surface area contributed by atoms with E-state index in [1.54, 1.807) is 0 Å². The Bertz CT molecular complexity index is 433. The fraction of sp³-hybridized carbons (Fsp3) is 0.615. The zero-order chi connectivity index (χ0) is 13.1. The predicted molar refractivity (Wildman–Crippen MR) is 80.2 cm³/mol. The zero-order valence-corrected chi connectivity index (χ0v) is 13.3. The molecule has 1 saturated heterocycles. The molecule has 1 aromatic rings. The summed E-state index contributed by atoms with van der Waals surface area (Å²) in [5, 5.41) is 0.594. The molecule has 2 rings (SSSR count). The molecule has 0 bridgehead atoms. The number of aryl methyl sites for hydroxylation is 1. The standard InChI is InChI=1S/C13H19BrN2OS/c1-3-11-9-16(5-6-18-11)13(17)12-7-10(14)8-15(12)4-2/h7-8,11H,3-6,9H2,1-2H3. The highest BCUT2D eigenvalue weighted by molar-refractivity contribution is 9.10. The third-order valence-electron chi connectivity index (χ3n) is 3.30. The minimum absolute atomic E-state index is 0.168. The largest absolute Gasteiger partial charge is 0.343 e. The van der Waals surface area contributed by atoms with Crippen LogP contribution in [0.15, 0.2) is 16.7 Å². The SMILES string of the molecule is CCC1CN(C(=O)c2cc(Br)cn2CC)CCS1. The van der Waals surface area contributed by atoms with Crippen molar-refractivity contribution in [3.8, 4) is 0 Å². The van der Waals surface area contributed by atoms with Crippen LogP contribution in [0.3, 0.4) is 0 Å². The van der Waals surface area contributed by atoms with Crippen molar-refractivity contribution >= 4 is 33.6 Å². The molecule has 0 saturated carbocycles. The van der Waals surface area contributed by atoms with Crippen LogP contribution in [0.4, 0.5) is 0 Å². The summed E-state index contributed by atoms with van der Waals surface area (Å²) in [6.07, 6.45) is 3.11. The first-order valence-corrected chi connectivity index (χ1v) is 8.26. The maximum atomic E-state index is 12.5. The number of hydrogen-bond donors (Lipinski definition) is 0. The highest BCUT2D eigenvalue weighted by Gasteiger charge is 2.25. The van der Waals surface area contributed by atoms with Gasteiger partial charge in [0.2, 0.25) is 0 Å². The van der Waals surface area contributed by atoms with Crippen LogP contribution in [0.2, 0.25) is 0 Å². The lowest BCUT2D eigenvalue weighted by atomic mass is 10.2. The van der Waals surface area contributed by atoms with Gasteiger partial charge >= 0.3 is 0 Å². The fourth-order valence-electron chi connectivity index (χ4n) is 2.23. The second kappa shape index (κ2) is 6.15. The molecular formula is C13H19BrN2OS. The number of nitrogens with zero attached hydrogens (tertiary/aromatic N) is 2. The predicted octanol–water partition coefficient (Wildman–Crippen LogP) is 3.24. The average molecular weight is 331 g/mol. The third-order valence-corrected chi connectivity index (χ3v) is 5.11. The van der Waals surface area contributed by atoms with Crippen LogP contribution < -0.4 is 0 Å². The van der Waals surface area contributed by atoms with Crippen molar-refractivity contribution in [1.82, 2.24) is 9.47 Å². The minimum atomic E-state index is 0.168. The first-order chi connectivity index (χ1) is 8.65. The minimum Gasteiger partial charge on any atom is -0.343 e. The molecule has 0 aromatic carbocycles. The Morgan fingerprint density at radius 1 is 1.56 bits per heavy atom. The van der Waals surface area contributed by atoms with Gasteiger partial charge in [-0.25, -0.2) is 0 Å². The number of rotatable bonds is 3. The molecule has 5 heteroatoms. The summed E-state index contributed by atoms with van der Waals surface area (Å²) in [6, 6.07) is 1.93. The van der Waals surface area contributed by atoms with Gasteiger partial charge in [-0.3, -0.25) is 4.79 Å². The first-order valence-electron chi connectivity index (χ1n) is 6.42. The Kier molecular flexibility index (Phi) is 4.78. The van der Waals surface area contributed by atoms with Crippen LogP contribution >= 0.6 is 27.7 Å². The Balaban J connectivity index is 2.14. The molecule has 18 heavy (non-hydrogen) atoms. The number of carbonyl (C=O) groups is 1. The lowest BCUT2D eigenvalue weighted by molar-refractivity contribution is 0.0750. The van der Waals surface area contributed by atoms with Crippen molar-refractivity contribution in [2.75, 3.05) is 18.8 Å². The molecule has 1 fully saturated rings. The van der Waals surface area contributed by atoms with E-state index >= 15 is 0 Å². The van der Waals surface area contributed by atoms with Gasteiger partial charge in [-0.2, -0.15) is 11.8 Å². The highest BCUT2D eigenvalue weighted by Crippen LogP contribution is 2.23. The van der Waals surface area contributed by atoms with E-state index in [0.717, 1.165) is 42.0 Å². The van der Waals surface area contributed by atoms with Gasteiger partial charge in [0.05, 0.1) is 0 Å². The molecule has 0 aliphatic carbocycles. The Hall–Kier alpha value is -0.420. The van der Waals surface area contributed by atoms with Crippen LogP contribution in [0.1, 0.15) is 30.8 Å². The topological polar surface area (TPSA) is 25.2 Å². The Morgan fingerprint density at radius 2 is 2.33 bits per heavy atom. The monoisotopic (exact) mass is 330 g/mol. The van der Waals surface area contributed by atoms with Crippen molar-refractivity contribution in [2.45, 2.75) is 32.1 Å². The van der Waals surface area contributed by atoms with Gasteiger partial charge in [-0.1, -0.05) is 6.92 Å². The number of amides is 1. The quantitative estimate of drug-likeness (QED) is 0.850. The molecule has 2 heterocycles. The lowest BCUT2D eigenvalue weighted by Gasteiger charge is -2.32. The smallest absolute Gasteiger partial charge is 0.270 e. The second-order valence-corrected chi connectivity index (χ2v) is 6.81. The van der Waals surface area contributed by atoms with Crippen LogP contribution in [-0.2, 0) is 6.54 Å². The third kappa shape index (κ3) is 2.94. The van der Waals surface area contributed by atoms with Gasteiger partial charge in [-0.05, 0) is 35.3 Å². The summed E-state index contributed by atoms with van der Waals surface area (Å²) in [5.41, 5.74) is 0.797. The average Bonchev–Trinajstić information content (AvgIpc) is 2.79. The van der Waals surface area contributed by atoms with E-state index in [-0.39, 0.29) is 5.91 Å². The molecule has 1 unspecified atom stereocenters. The van der Waals surface area contributed by atoms with Crippen LogP contribution in [0.25, 0.3) is 0 Å². The van der Waals surface area contributed by atoms with Crippen molar-refractivity contribution in [1.29, 1.82) is 0 Å². The summed E-state index contributed by atoms with van der Waals surface area (Å²) in [7, 11) is 0. The molecule has 0 spiro atoms. The lowest BCUT2D eigenvalue weighted by Crippen LogP contribution is -2.42. The first kappa shape index (κ1) is 14.0. The van der Waals surface area contributed by atoms with Crippen LogP contribution in [-0.4, -0.2) is 39.5 Å². The van der Waals surface area contributed by atoms with Gasteiger partial charge in [-0.15, -0.1) is 0 Å². The van der Waals surface area contributed by atoms with E-state index < -0.39 is 0 Å². The summed E-state index contributed by atoms with van der Waals surface area (Å²) in [6.45, 7) is 6.83. The summed E-state index contributed by atoms with van der Waals surface area (Å²) < 4.78 is 2.99. The summed E-state index contributed by atoms with van der Waals surface area (Å²) >= 11 is 5.43. The zero-order valence-electron chi connectivity index (χ0n) is 10.9. The summed E-state index contributed by atoms with van der Waals surface area (Å²) in [5.74, 6) is 1.22. The Morgan fingerprint density at radius 3 is 3.00 bits per heavy atom. The highest BCUT2D eigenvalue weighted by atomic mass is 79.9. The molecule has 0 radical (unpaired) electrons. The number of aromatic nitrogens is 1. The van der Waals surface area contributed by atoms with Gasteiger partial charge < -0.3 is 9.47 Å². The van der Waals surface area contributed by atoms with Crippen LogP contribution in [0, 0.1) is 0 Å². The molecular weight excluding hydrogens is 312 g/mol. The molecule has 100 valence electrons. The fourth-order valence-corrected chi connectivity index (χ4v) is 3.87. The number of carbonyl (C=O) groups excluding carboxylic acids is 1. The van der Waals surface area contributed by atoms with Crippen molar-refractivity contribution < 1.29 is 4.79 Å². The number of hydrogen-bond acceptors (Lipinski definition) is 2. The Labute approximate surface area is 121 Å². The summed E-state index contributed by atoms with van der Waals surface area (Å²) in [4.78, 5) is 14.5. The number of halogens is 1. The maximum Gasteiger partial charge on any atom is 0.270 e. The maximum absolute atomic E-state index is 12.5. The van der Waals surface area contributed by atoms with Gasteiger partial charge in [0.1, 0.15) is 5.69 Å². The molecule has 0 N–H and O–H groups in total. The second-order valence-electron chi connectivity index (χ2n) is 4.48. The van der Waals surface area contributed by atoms with Gasteiger partial charge in [0.15, 0.2) is 0 Å². The van der Waals surface area contributed by atoms with E-state index in [1.807, 2.05) is 33.5 Å². The molecule has 1 atom stereocenters. The van der Waals surface area contributed by atoms with E-state index in [9.17, 15) is 4.79 Å². The molecule has 3 nitrogen and oxygen atoms in total. The van der Waals surface area contributed by atoms with Crippen molar-refractivity contribution in [2.24, 2.45) is 0 Å². The van der Waals surface area contributed by atoms with Crippen LogP contribution in [0.5, 0.6) is 0 Å². The van der Waals surface area contributed by atoms with Crippen molar-refractivity contribution in [3.05, 3.63) is 22.4 Å². The molecule has 1 amide bonds.